The van der Waals surface area contributed by atoms with E-state index < -0.39 is 0 Å². The summed E-state index contributed by atoms with van der Waals surface area (Å²) in [5.41, 5.74) is 4.79. The minimum Gasteiger partial charge on any atom is -0.497 e. The highest BCUT2D eigenvalue weighted by Crippen LogP contribution is 2.40. The zero-order valence-electron chi connectivity index (χ0n) is 13.6. The molecule has 2 aromatic rings. The Kier molecular flexibility index (Phi) is 4.47. The molecule has 0 saturated heterocycles. The Hall–Kier alpha value is -2.55. The SMILES string of the molecule is CCCC/C(=C1/C(=O)Nc2ccc(OC)cc21)c1ccccc1. The molecule has 118 valence electrons. The zero-order chi connectivity index (χ0) is 16.2. The lowest BCUT2D eigenvalue weighted by molar-refractivity contribution is -0.110. The summed E-state index contributed by atoms with van der Waals surface area (Å²) < 4.78 is 5.33. The highest BCUT2D eigenvalue weighted by molar-refractivity contribution is 6.36. The first kappa shape index (κ1) is 15.3. The number of carbonyl (C=O) groups excluding carboxylic acids is 1. The van der Waals surface area contributed by atoms with E-state index in [1.165, 1.54) is 0 Å². The highest BCUT2D eigenvalue weighted by Gasteiger charge is 2.28. The molecule has 0 fully saturated rings. The minimum atomic E-state index is -0.0248. The van der Waals surface area contributed by atoms with E-state index in [2.05, 4.69) is 24.4 Å². The van der Waals surface area contributed by atoms with Crippen molar-refractivity contribution in [2.45, 2.75) is 26.2 Å². The highest BCUT2D eigenvalue weighted by atomic mass is 16.5. The molecule has 0 saturated carbocycles. The van der Waals surface area contributed by atoms with Crippen molar-refractivity contribution < 1.29 is 9.53 Å². The van der Waals surface area contributed by atoms with Crippen molar-refractivity contribution in [3.8, 4) is 5.75 Å². The maximum Gasteiger partial charge on any atom is 0.256 e. The second-order valence-electron chi connectivity index (χ2n) is 5.69. The van der Waals surface area contributed by atoms with Gasteiger partial charge in [0, 0.05) is 11.3 Å². The third kappa shape index (κ3) is 3.00. The maximum absolute atomic E-state index is 12.6. The Morgan fingerprint density at radius 2 is 1.91 bits per heavy atom. The van der Waals surface area contributed by atoms with Crippen LogP contribution in [0.2, 0.25) is 0 Å². The monoisotopic (exact) mass is 307 g/mol. The van der Waals surface area contributed by atoms with E-state index in [0.29, 0.717) is 0 Å². The second-order valence-corrected chi connectivity index (χ2v) is 5.69. The Balaban J connectivity index is 2.18. The van der Waals surface area contributed by atoms with E-state index in [1.54, 1.807) is 7.11 Å². The van der Waals surface area contributed by atoms with Crippen LogP contribution >= 0.6 is 0 Å². The molecule has 0 unspecified atom stereocenters. The molecule has 0 atom stereocenters. The van der Waals surface area contributed by atoms with Crippen molar-refractivity contribution in [3.63, 3.8) is 0 Å². The number of nitrogens with one attached hydrogen (secondary N) is 1. The fourth-order valence-corrected chi connectivity index (χ4v) is 2.98. The van der Waals surface area contributed by atoms with Gasteiger partial charge in [-0.3, -0.25) is 4.79 Å². The van der Waals surface area contributed by atoms with Gasteiger partial charge >= 0.3 is 0 Å². The van der Waals surface area contributed by atoms with Gasteiger partial charge in [0.25, 0.3) is 5.91 Å². The van der Waals surface area contributed by atoms with Crippen molar-refractivity contribution in [1.29, 1.82) is 0 Å². The van der Waals surface area contributed by atoms with Gasteiger partial charge in [0.05, 0.1) is 12.7 Å². The van der Waals surface area contributed by atoms with Crippen LogP contribution in [0.5, 0.6) is 5.75 Å². The summed E-state index contributed by atoms with van der Waals surface area (Å²) in [6, 6.07) is 15.9. The molecule has 1 aliphatic heterocycles. The zero-order valence-corrected chi connectivity index (χ0v) is 13.6. The number of hydrogen-bond donors (Lipinski definition) is 1. The van der Waals surface area contributed by atoms with Crippen LogP contribution in [0.25, 0.3) is 11.1 Å². The molecule has 1 N–H and O–H groups in total. The van der Waals surface area contributed by atoms with Crippen LogP contribution < -0.4 is 10.1 Å². The Morgan fingerprint density at radius 3 is 2.61 bits per heavy atom. The topological polar surface area (TPSA) is 38.3 Å². The van der Waals surface area contributed by atoms with Gasteiger partial charge in [-0.2, -0.15) is 0 Å². The Morgan fingerprint density at radius 1 is 1.13 bits per heavy atom. The lowest BCUT2D eigenvalue weighted by Crippen LogP contribution is -2.06. The molecular weight excluding hydrogens is 286 g/mol. The third-order valence-corrected chi connectivity index (χ3v) is 4.18. The normalized spacial score (nSPS) is 15.1. The third-order valence-electron chi connectivity index (χ3n) is 4.18. The van der Waals surface area contributed by atoms with Crippen LogP contribution in [0.4, 0.5) is 5.69 Å². The van der Waals surface area contributed by atoms with Crippen LogP contribution in [-0.4, -0.2) is 13.0 Å². The summed E-state index contributed by atoms with van der Waals surface area (Å²) in [5.74, 6) is 0.740. The van der Waals surface area contributed by atoms with E-state index in [4.69, 9.17) is 4.74 Å². The summed E-state index contributed by atoms with van der Waals surface area (Å²) in [4.78, 5) is 12.6. The van der Waals surface area contributed by atoms with Crippen LogP contribution in [0, 0.1) is 0 Å². The molecule has 0 aromatic heterocycles. The Bertz CT molecular complexity index is 747. The molecule has 3 nitrogen and oxygen atoms in total. The Labute approximate surface area is 137 Å². The van der Waals surface area contributed by atoms with Crippen molar-refractivity contribution in [2.75, 3.05) is 12.4 Å². The summed E-state index contributed by atoms with van der Waals surface area (Å²) in [5, 5.41) is 2.97. The van der Waals surface area contributed by atoms with E-state index >= 15 is 0 Å². The van der Waals surface area contributed by atoms with Crippen LogP contribution in [0.1, 0.15) is 37.3 Å². The first-order valence-corrected chi connectivity index (χ1v) is 8.03. The fourth-order valence-electron chi connectivity index (χ4n) is 2.98. The van der Waals surface area contributed by atoms with Gasteiger partial charge in [0.2, 0.25) is 0 Å². The standard InChI is InChI=1S/C20H21NO2/c1-3-4-10-16(14-8-6-5-7-9-14)19-17-13-15(23-2)11-12-18(17)21-20(19)22/h5-9,11-13H,3-4,10H2,1-2H3,(H,21,22)/b19-16-. The molecule has 0 aliphatic carbocycles. The fraction of sp³-hybridized carbons (Fsp3) is 0.250. The van der Waals surface area contributed by atoms with E-state index in [9.17, 15) is 4.79 Å². The van der Waals surface area contributed by atoms with Gasteiger partial charge in [-0.25, -0.2) is 0 Å². The first-order chi connectivity index (χ1) is 11.2. The number of ether oxygens (including phenoxy) is 1. The quantitative estimate of drug-likeness (QED) is 0.810. The van der Waals surface area contributed by atoms with Crippen molar-refractivity contribution in [1.82, 2.24) is 0 Å². The molecule has 0 radical (unpaired) electrons. The number of fused-ring (bicyclic) bond motifs is 1. The molecule has 0 spiro atoms. The summed E-state index contributed by atoms with van der Waals surface area (Å²) in [7, 11) is 1.64. The minimum absolute atomic E-state index is 0.0248. The number of rotatable bonds is 5. The maximum atomic E-state index is 12.6. The van der Waals surface area contributed by atoms with E-state index in [0.717, 1.165) is 53.0 Å². The molecule has 2 aromatic carbocycles. The molecule has 3 heteroatoms. The van der Waals surface area contributed by atoms with Crippen molar-refractivity contribution in [2.24, 2.45) is 0 Å². The average Bonchev–Trinajstić information content (AvgIpc) is 2.91. The average molecular weight is 307 g/mol. The summed E-state index contributed by atoms with van der Waals surface area (Å²) in [6.45, 7) is 2.17. The van der Waals surface area contributed by atoms with Crippen molar-refractivity contribution >= 4 is 22.7 Å². The largest absolute Gasteiger partial charge is 0.497 e. The smallest absolute Gasteiger partial charge is 0.256 e. The number of benzene rings is 2. The van der Waals surface area contributed by atoms with E-state index in [-0.39, 0.29) is 5.91 Å². The van der Waals surface area contributed by atoms with Gasteiger partial charge in [-0.05, 0) is 42.2 Å². The van der Waals surface area contributed by atoms with Crippen molar-refractivity contribution in [3.05, 3.63) is 59.7 Å². The number of hydrogen-bond acceptors (Lipinski definition) is 2. The summed E-state index contributed by atoms with van der Waals surface area (Å²) >= 11 is 0. The molecule has 1 amide bonds. The number of anilines is 1. The van der Waals surface area contributed by atoms with Gasteiger partial charge in [0.15, 0.2) is 0 Å². The first-order valence-electron chi connectivity index (χ1n) is 8.03. The number of unbranched alkanes of at least 4 members (excludes halogenated alkanes) is 1. The second kappa shape index (κ2) is 6.69. The van der Waals surface area contributed by atoms with Crippen LogP contribution in [0.3, 0.4) is 0 Å². The van der Waals surface area contributed by atoms with Gasteiger partial charge in [-0.15, -0.1) is 0 Å². The molecule has 1 heterocycles. The van der Waals surface area contributed by atoms with E-state index in [1.807, 2.05) is 36.4 Å². The van der Waals surface area contributed by atoms with Gasteiger partial charge in [0.1, 0.15) is 5.75 Å². The predicted molar refractivity (Wildman–Crippen MR) is 94.4 cm³/mol. The van der Waals surface area contributed by atoms with Crippen LogP contribution in [0.15, 0.2) is 48.5 Å². The molecular formula is C20H21NO2. The lowest BCUT2D eigenvalue weighted by atomic mass is 9.91. The molecule has 1 aliphatic rings. The van der Waals surface area contributed by atoms with Gasteiger partial charge in [-0.1, -0.05) is 43.7 Å². The number of methoxy groups -OCH3 is 1. The summed E-state index contributed by atoms with van der Waals surface area (Å²) in [6.07, 6.45) is 3.04. The molecule has 0 bridgehead atoms. The number of allylic oxidation sites excluding steroid dienone is 1. The molecule has 3 rings (SSSR count). The predicted octanol–water partition coefficient (Wildman–Crippen LogP) is 4.75. The van der Waals surface area contributed by atoms with Gasteiger partial charge < -0.3 is 10.1 Å². The number of carbonyl (C=O) groups is 1. The van der Waals surface area contributed by atoms with Crippen LogP contribution in [-0.2, 0) is 4.79 Å². The molecule has 23 heavy (non-hydrogen) atoms. The lowest BCUT2D eigenvalue weighted by Gasteiger charge is -2.12. The number of amides is 1.